The van der Waals surface area contributed by atoms with Gasteiger partial charge in [0.2, 0.25) is 5.88 Å². The van der Waals surface area contributed by atoms with Crippen molar-refractivity contribution in [2.45, 2.75) is 27.2 Å². The van der Waals surface area contributed by atoms with E-state index in [9.17, 15) is 19.2 Å². The second kappa shape index (κ2) is 10.6. The predicted octanol–water partition coefficient (Wildman–Crippen LogP) is 3.21. The van der Waals surface area contributed by atoms with Crippen LogP contribution >= 0.6 is 11.3 Å². The van der Waals surface area contributed by atoms with E-state index in [0.717, 1.165) is 0 Å². The third kappa shape index (κ3) is 5.89. The van der Waals surface area contributed by atoms with Gasteiger partial charge in [-0.15, -0.1) is 11.3 Å². The maximum atomic E-state index is 12.3. The lowest BCUT2D eigenvalue weighted by Gasteiger charge is -2.07. The number of aryl methyl sites for hydroxylation is 1. The van der Waals surface area contributed by atoms with Crippen molar-refractivity contribution in [3.63, 3.8) is 0 Å². The number of pyridine rings is 1. The van der Waals surface area contributed by atoms with Crippen LogP contribution in [0.25, 0.3) is 10.7 Å². The van der Waals surface area contributed by atoms with E-state index in [1.807, 2.05) is 12.1 Å². The summed E-state index contributed by atoms with van der Waals surface area (Å²) < 4.78 is 15.3. The van der Waals surface area contributed by atoms with E-state index < -0.39 is 30.2 Å². The van der Waals surface area contributed by atoms with Crippen LogP contribution in [0.4, 0.5) is 5.88 Å². The molecule has 0 saturated heterocycles. The molecule has 0 atom stereocenters. The summed E-state index contributed by atoms with van der Waals surface area (Å²) in [6.07, 6.45) is 1.52. The number of thiazole rings is 1. The Morgan fingerprint density at radius 1 is 1.15 bits per heavy atom. The molecule has 3 rings (SSSR count). The molecule has 0 aliphatic heterocycles. The Labute approximate surface area is 192 Å². The Kier molecular flexibility index (Phi) is 7.67. The summed E-state index contributed by atoms with van der Waals surface area (Å²) in [6.45, 7) is 3.82. The van der Waals surface area contributed by atoms with Crippen molar-refractivity contribution >= 4 is 40.9 Å². The second-order valence-electron chi connectivity index (χ2n) is 6.76. The van der Waals surface area contributed by atoms with Crippen LogP contribution in [0.5, 0.6) is 0 Å². The van der Waals surface area contributed by atoms with E-state index in [0.29, 0.717) is 16.4 Å². The number of hydrogen-bond donors (Lipinski definition) is 1. The van der Waals surface area contributed by atoms with Crippen LogP contribution in [-0.4, -0.2) is 46.8 Å². The molecule has 0 bridgehead atoms. The molecule has 0 saturated carbocycles. The monoisotopic (exact) mass is 471 g/mol. The van der Waals surface area contributed by atoms with Crippen molar-refractivity contribution in [1.82, 2.24) is 9.97 Å². The number of rotatable bonds is 9. The highest BCUT2D eigenvalue weighted by Crippen LogP contribution is 2.28. The molecule has 172 valence electrons. The number of furan rings is 1. The summed E-state index contributed by atoms with van der Waals surface area (Å²) in [5.41, 5.74) is 1.03. The van der Waals surface area contributed by atoms with Gasteiger partial charge in [0.05, 0.1) is 30.0 Å². The van der Waals surface area contributed by atoms with Gasteiger partial charge in [-0.3, -0.25) is 24.7 Å². The normalized spacial score (nSPS) is 10.5. The van der Waals surface area contributed by atoms with E-state index >= 15 is 0 Å². The van der Waals surface area contributed by atoms with Gasteiger partial charge in [0.15, 0.2) is 12.4 Å². The van der Waals surface area contributed by atoms with Crippen LogP contribution in [0.3, 0.4) is 0 Å². The number of esters is 2. The summed E-state index contributed by atoms with van der Waals surface area (Å²) in [6, 6.07) is 5.44. The average Bonchev–Trinajstić information content (AvgIpc) is 3.37. The Morgan fingerprint density at radius 2 is 1.94 bits per heavy atom. The summed E-state index contributed by atoms with van der Waals surface area (Å²) in [4.78, 5) is 57.2. The highest BCUT2D eigenvalue weighted by Gasteiger charge is 2.29. The molecular formula is C22H21N3O7S. The number of ether oxygens (including phenoxy) is 2. The number of hydrogen-bond acceptors (Lipinski definition) is 10. The number of nitrogens with zero attached hydrogens (tertiary/aromatic N) is 2. The van der Waals surface area contributed by atoms with Gasteiger partial charge in [0, 0.05) is 11.6 Å². The van der Waals surface area contributed by atoms with E-state index in [4.69, 9.17) is 13.9 Å². The number of anilines is 1. The number of carbonyl (C=O) groups is 4. The number of aromatic nitrogens is 2. The fraction of sp³-hybridized carbons (Fsp3) is 0.273. The highest BCUT2D eigenvalue weighted by molar-refractivity contribution is 7.13. The SMILES string of the molecule is CCOC(=O)c1c(NC(=O)COC(=O)Cc2csc(-c3ccccn3)n2)oc(C)c1C(C)=O. The van der Waals surface area contributed by atoms with Crippen molar-refractivity contribution in [3.05, 3.63) is 52.4 Å². The van der Waals surface area contributed by atoms with Crippen molar-refractivity contribution in [2.24, 2.45) is 0 Å². The summed E-state index contributed by atoms with van der Waals surface area (Å²) in [7, 11) is 0. The van der Waals surface area contributed by atoms with Crippen LogP contribution in [-0.2, 0) is 25.5 Å². The maximum Gasteiger partial charge on any atom is 0.344 e. The Morgan fingerprint density at radius 3 is 2.61 bits per heavy atom. The number of ketones is 1. The molecule has 10 nitrogen and oxygen atoms in total. The molecule has 0 unspecified atom stereocenters. The summed E-state index contributed by atoms with van der Waals surface area (Å²) in [5.74, 6) is -2.71. The number of nitrogens with one attached hydrogen (secondary N) is 1. The van der Waals surface area contributed by atoms with Crippen LogP contribution in [0, 0.1) is 6.92 Å². The van der Waals surface area contributed by atoms with Crippen molar-refractivity contribution in [2.75, 3.05) is 18.5 Å². The summed E-state index contributed by atoms with van der Waals surface area (Å²) >= 11 is 1.34. The lowest BCUT2D eigenvalue weighted by molar-refractivity contribution is -0.146. The molecule has 0 aliphatic carbocycles. The van der Waals surface area contributed by atoms with Crippen LogP contribution < -0.4 is 5.32 Å². The van der Waals surface area contributed by atoms with Crippen molar-refractivity contribution in [1.29, 1.82) is 0 Å². The minimum Gasteiger partial charge on any atom is -0.462 e. The molecule has 33 heavy (non-hydrogen) atoms. The molecule has 0 spiro atoms. The molecule has 1 amide bonds. The van der Waals surface area contributed by atoms with Gasteiger partial charge in [-0.2, -0.15) is 0 Å². The Hall–Kier alpha value is -3.86. The van der Waals surface area contributed by atoms with Gasteiger partial charge in [0.25, 0.3) is 5.91 Å². The Balaban J connectivity index is 1.60. The molecule has 0 fully saturated rings. The fourth-order valence-corrected chi connectivity index (χ4v) is 3.75. The predicted molar refractivity (Wildman–Crippen MR) is 118 cm³/mol. The zero-order chi connectivity index (χ0) is 24.0. The number of carbonyl (C=O) groups excluding carboxylic acids is 4. The molecule has 3 aromatic rings. The zero-order valence-electron chi connectivity index (χ0n) is 18.2. The van der Waals surface area contributed by atoms with E-state index in [1.54, 1.807) is 24.6 Å². The molecule has 3 heterocycles. The Bertz CT molecular complexity index is 1180. The maximum absolute atomic E-state index is 12.3. The molecule has 11 heteroatoms. The topological polar surface area (TPSA) is 138 Å². The van der Waals surface area contributed by atoms with Crippen LogP contribution in [0.1, 0.15) is 46.0 Å². The van der Waals surface area contributed by atoms with Gasteiger partial charge in [0.1, 0.15) is 16.3 Å². The van der Waals surface area contributed by atoms with E-state index in [-0.39, 0.29) is 35.8 Å². The van der Waals surface area contributed by atoms with Crippen LogP contribution in [0.2, 0.25) is 0 Å². The quantitative estimate of drug-likeness (QED) is 0.368. The van der Waals surface area contributed by atoms with Gasteiger partial charge in [-0.05, 0) is 32.9 Å². The van der Waals surface area contributed by atoms with Gasteiger partial charge in [-0.1, -0.05) is 6.07 Å². The molecule has 3 aromatic heterocycles. The third-order valence-electron chi connectivity index (χ3n) is 4.29. The molecule has 0 aliphatic rings. The number of amides is 1. The highest BCUT2D eigenvalue weighted by atomic mass is 32.1. The van der Waals surface area contributed by atoms with Gasteiger partial charge < -0.3 is 13.9 Å². The molecular weight excluding hydrogens is 450 g/mol. The first-order valence-electron chi connectivity index (χ1n) is 9.92. The van der Waals surface area contributed by atoms with Crippen molar-refractivity contribution < 1.29 is 33.1 Å². The summed E-state index contributed by atoms with van der Waals surface area (Å²) in [5, 5.41) is 4.73. The first-order chi connectivity index (χ1) is 15.8. The third-order valence-corrected chi connectivity index (χ3v) is 5.21. The van der Waals surface area contributed by atoms with Gasteiger partial charge in [-0.25, -0.2) is 9.78 Å². The smallest absolute Gasteiger partial charge is 0.344 e. The van der Waals surface area contributed by atoms with Crippen molar-refractivity contribution in [3.8, 4) is 10.7 Å². The zero-order valence-corrected chi connectivity index (χ0v) is 19.0. The van der Waals surface area contributed by atoms with E-state index in [2.05, 4.69) is 15.3 Å². The lowest BCUT2D eigenvalue weighted by atomic mass is 10.1. The minimum absolute atomic E-state index is 0.0213. The largest absolute Gasteiger partial charge is 0.462 e. The van der Waals surface area contributed by atoms with E-state index in [1.165, 1.54) is 25.2 Å². The number of Topliss-reactive ketones (excluding diaryl/α,β-unsaturated/α-hetero) is 1. The molecule has 0 aromatic carbocycles. The first-order valence-corrected chi connectivity index (χ1v) is 10.8. The lowest BCUT2D eigenvalue weighted by Crippen LogP contribution is -2.23. The second-order valence-corrected chi connectivity index (χ2v) is 7.62. The first kappa shape index (κ1) is 23.8. The minimum atomic E-state index is -0.806. The van der Waals surface area contributed by atoms with Crippen LogP contribution in [0.15, 0.2) is 34.2 Å². The fourth-order valence-electron chi connectivity index (χ4n) is 2.96. The average molecular weight is 471 g/mol. The molecule has 1 N–H and O–H groups in total. The van der Waals surface area contributed by atoms with Gasteiger partial charge >= 0.3 is 11.9 Å². The molecule has 0 radical (unpaired) electrons. The standard InChI is InChI=1S/C22H21N3O7S/c1-4-30-22(29)19-18(12(2)26)13(3)32-20(19)25-16(27)10-31-17(28)9-14-11-33-21(24-14)15-7-5-6-8-23-15/h5-8,11H,4,9-10H2,1-3H3,(H,25,27).